The van der Waals surface area contributed by atoms with Gasteiger partial charge in [0.25, 0.3) is 10.1 Å². The van der Waals surface area contributed by atoms with Crippen LogP contribution in [0.4, 0.5) is 5.69 Å². The number of nitrogens with zero attached hydrogens (tertiary/aromatic N) is 2. The van der Waals surface area contributed by atoms with Crippen LogP contribution in [0.15, 0.2) is 45.7 Å². The Balaban J connectivity index is 1.60. The summed E-state index contributed by atoms with van der Waals surface area (Å²) in [7, 11) is -4.00. The molecule has 0 unspecified atom stereocenters. The zero-order valence-electron chi connectivity index (χ0n) is 19.6. The van der Waals surface area contributed by atoms with E-state index < -0.39 is 21.7 Å². The maximum absolute atomic E-state index is 12.9. The fourth-order valence-corrected chi connectivity index (χ4v) is 5.11. The summed E-state index contributed by atoms with van der Waals surface area (Å²) in [6.07, 6.45) is 4.63. The maximum Gasteiger partial charge on any atom is 0.344 e. The molecular formula is C25H29N2O7S+. The standard InChI is InChI=1S/C25H28N2O7S/c1-17-13-18(7-11-26(17)10-4-12-35(31,32)33)21-15-20-14-19-5-2-8-27(9-3-6-24(28)29)22(19)16-23(20)34-25(21)30/h7,11,13-16H,2-6,8-10,12H2,1H3,(H-,28,29,31,32,33)/p+1. The number of pyridine rings is 1. The number of carboxylic acid groups (broad SMARTS) is 1. The van der Waals surface area contributed by atoms with E-state index in [1.807, 2.05) is 35.8 Å². The molecule has 0 aliphatic carbocycles. The van der Waals surface area contributed by atoms with Crippen molar-refractivity contribution in [1.82, 2.24) is 0 Å². The van der Waals surface area contributed by atoms with Gasteiger partial charge in [-0.15, -0.1) is 0 Å². The average Bonchev–Trinajstić information content (AvgIpc) is 2.78. The molecule has 0 bridgehead atoms. The molecule has 0 fully saturated rings. The summed E-state index contributed by atoms with van der Waals surface area (Å²) < 4.78 is 38.4. The molecule has 1 aliphatic rings. The van der Waals surface area contributed by atoms with Crippen LogP contribution >= 0.6 is 0 Å². The van der Waals surface area contributed by atoms with Crippen LogP contribution in [0.5, 0.6) is 0 Å². The lowest BCUT2D eigenvalue weighted by Crippen LogP contribution is -2.37. The maximum atomic E-state index is 12.9. The minimum Gasteiger partial charge on any atom is -0.481 e. The predicted octanol–water partition coefficient (Wildman–Crippen LogP) is 2.95. The zero-order valence-corrected chi connectivity index (χ0v) is 20.4. The van der Waals surface area contributed by atoms with E-state index in [0.29, 0.717) is 36.2 Å². The molecule has 9 nitrogen and oxygen atoms in total. The third-order valence-electron chi connectivity index (χ3n) is 6.33. The first-order chi connectivity index (χ1) is 16.6. The minimum absolute atomic E-state index is 0.120. The molecular weight excluding hydrogens is 472 g/mol. The molecule has 1 aromatic carbocycles. The van der Waals surface area contributed by atoms with Gasteiger partial charge in [-0.3, -0.25) is 9.35 Å². The van der Waals surface area contributed by atoms with Gasteiger partial charge in [-0.1, -0.05) is 0 Å². The van der Waals surface area contributed by atoms with Crippen LogP contribution in [0.2, 0.25) is 0 Å². The Morgan fingerprint density at radius 2 is 2.00 bits per heavy atom. The van der Waals surface area contributed by atoms with E-state index in [0.717, 1.165) is 41.7 Å². The quantitative estimate of drug-likeness (QED) is 0.260. The summed E-state index contributed by atoms with van der Waals surface area (Å²) in [4.78, 5) is 25.9. The first-order valence-corrected chi connectivity index (χ1v) is 13.2. The Morgan fingerprint density at radius 1 is 1.20 bits per heavy atom. The van der Waals surface area contributed by atoms with E-state index in [9.17, 15) is 18.0 Å². The summed E-state index contributed by atoms with van der Waals surface area (Å²) in [5.41, 5.74) is 4.19. The first-order valence-electron chi connectivity index (χ1n) is 11.6. The zero-order chi connectivity index (χ0) is 25.2. The van der Waals surface area contributed by atoms with Gasteiger partial charge in [-0.05, 0) is 37.0 Å². The monoisotopic (exact) mass is 501 g/mol. The number of carboxylic acids is 1. The van der Waals surface area contributed by atoms with Crippen molar-refractivity contribution >= 4 is 32.7 Å². The van der Waals surface area contributed by atoms with Crippen LogP contribution in [-0.4, -0.2) is 42.9 Å². The van der Waals surface area contributed by atoms with Crippen LogP contribution in [0.3, 0.4) is 0 Å². The summed E-state index contributed by atoms with van der Waals surface area (Å²) in [5.74, 6) is -1.12. The van der Waals surface area contributed by atoms with Crippen molar-refractivity contribution in [3.8, 4) is 11.1 Å². The number of hydrogen-bond donors (Lipinski definition) is 2. The molecule has 35 heavy (non-hydrogen) atoms. The lowest BCUT2D eigenvalue weighted by atomic mass is 9.98. The lowest BCUT2D eigenvalue weighted by Gasteiger charge is -2.31. The van der Waals surface area contributed by atoms with Gasteiger partial charge < -0.3 is 14.4 Å². The van der Waals surface area contributed by atoms with Crippen molar-refractivity contribution in [2.75, 3.05) is 23.7 Å². The van der Waals surface area contributed by atoms with Crippen LogP contribution in [-0.2, 0) is 27.9 Å². The van der Waals surface area contributed by atoms with Crippen molar-refractivity contribution < 1.29 is 31.9 Å². The largest absolute Gasteiger partial charge is 0.481 e. The summed E-state index contributed by atoms with van der Waals surface area (Å²) >= 11 is 0. The summed E-state index contributed by atoms with van der Waals surface area (Å²) in [5, 5.41) is 9.76. The molecule has 0 spiro atoms. The SMILES string of the molecule is Cc1cc(-c2cc3cc4c(cc3oc2=O)N(CCCC(=O)O)CCC4)cc[n+]1CCCS(=O)(=O)O. The summed E-state index contributed by atoms with van der Waals surface area (Å²) in [6, 6.07) is 9.42. The third kappa shape index (κ3) is 6.07. The highest BCUT2D eigenvalue weighted by atomic mass is 32.2. The van der Waals surface area contributed by atoms with Crippen molar-refractivity contribution in [2.45, 2.75) is 45.6 Å². The Morgan fingerprint density at radius 3 is 2.71 bits per heavy atom. The van der Waals surface area contributed by atoms with Gasteiger partial charge in [0.1, 0.15) is 12.1 Å². The normalized spacial score (nSPS) is 13.7. The molecule has 0 amide bonds. The number of fused-ring (bicyclic) bond motifs is 2. The molecule has 3 aromatic rings. The predicted molar refractivity (Wildman–Crippen MR) is 131 cm³/mol. The number of aryl methyl sites for hydroxylation is 3. The number of rotatable bonds is 9. The summed E-state index contributed by atoms with van der Waals surface area (Å²) in [6.45, 7) is 3.77. The van der Waals surface area contributed by atoms with Crippen LogP contribution in [0, 0.1) is 6.92 Å². The van der Waals surface area contributed by atoms with Crippen LogP contribution < -0.4 is 15.1 Å². The molecule has 2 aromatic heterocycles. The highest BCUT2D eigenvalue weighted by Crippen LogP contribution is 2.32. The van der Waals surface area contributed by atoms with E-state index in [1.54, 1.807) is 12.3 Å². The first kappa shape index (κ1) is 24.9. The Labute approximate surface area is 203 Å². The Bertz CT molecular complexity index is 1430. The molecule has 0 saturated heterocycles. The van der Waals surface area contributed by atoms with Crippen LogP contribution in [0.1, 0.15) is 36.9 Å². The molecule has 4 rings (SSSR count). The second kappa shape index (κ2) is 10.2. The number of benzene rings is 1. The smallest absolute Gasteiger partial charge is 0.344 e. The Kier molecular flexibility index (Phi) is 7.23. The fraction of sp³-hybridized carbons (Fsp3) is 0.400. The molecule has 10 heteroatoms. The topological polar surface area (TPSA) is 129 Å². The van der Waals surface area contributed by atoms with Gasteiger partial charge in [-0.25, -0.2) is 9.36 Å². The van der Waals surface area contributed by atoms with Crippen molar-refractivity contribution in [1.29, 1.82) is 0 Å². The van der Waals surface area contributed by atoms with Crippen LogP contribution in [0.25, 0.3) is 22.1 Å². The molecule has 0 radical (unpaired) electrons. The highest BCUT2D eigenvalue weighted by molar-refractivity contribution is 7.85. The molecule has 3 heterocycles. The number of aliphatic carboxylic acids is 1. The molecule has 0 atom stereocenters. The van der Waals surface area contributed by atoms with Gasteiger partial charge in [-0.2, -0.15) is 8.42 Å². The van der Waals surface area contributed by atoms with Crippen molar-refractivity contribution in [3.05, 3.63) is 58.2 Å². The van der Waals surface area contributed by atoms with E-state index in [4.69, 9.17) is 14.1 Å². The number of carbonyl (C=O) groups is 1. The van der Waals surface area contributed by atoms with E-state index >= 15 is 0 Å². The minimum atomic E-state index is -4.00. The number of hydrogen-bond acceptors (Lipinski definition) is 6. The van der Waals surface area contributed by atoms with Gasteiger partial charge in [0.05, 0.1) is 11.3 Å². The lowest BCUT2D eigenvalue weighted by molar-refractivity contribution is -0.702. The molecule has 0 saturated carbocycles. The van der Waals surface area contributed by atoms with Crippen molar-refractivity contribution in [2.24, 2.45) is 0 Å². The molecule has 1 aliphatic heterocycles. The molecule has 186 valence electrons. The highest BCUT2D eigenvalue weighted by Gasteiger charge is 2.20. The second-order valence-corrected chi connectivity index (χ2v) is 10.5. The van der Waals surface area contributed by atoms with Gasteiger partial charge in [0.15, 0.2) is 11.9 Å². The fourth-order valence-electron chi connectivity index (χ4n) is 4.61. The number of aromatic nitrogens is 1. The van der Waals surface area contributed by atoms with E-state index in [1.165, 1.54) is 0 Å². The molecule has 2 N–H and O–H groups in total. The second-order valence-electron chi connectivity index (χ2n) is 8.94. The average molecular weight is 502 g/mol. The number of anilines is 1. The van der Waals surface area contributed by atoms with E-state index in [-0.39, 0.29) is 18.6 Å². The van der Waals surface area contributed by atoms with E-state index in [2.05, 4.69) is 4.90 Å². The third-order valence-corrected chi connectivity index (χ3v) is 7.14. The van der Waals surface area contributed by atoms with Gasteiger partial charge >= 0.3 is 11.6 Å². The van der Waals surface area contributed by atoms with Gasteiger partial charge in [0, 0.05) is 67.7 Å². The Hall–Kier alpha value is -3.24. The van der Waals surface area contributed by atoms with Gasteiger partial charge in [0.2, 0.25) is 0 Å². The van der Waals surface area contributed by atoms with Crippen molar-refractivity contribution in [3.63, 3.8) is 0 Å².